The molecule has 0 bridgehead atoms. The molecule has 0 aliphatic carbocycles. The topological polar surface area (TPSA) is 68.4 Å². The van der Waals surface area contributed by atoms with Crippen LogP contribution in [0.1, 0.15) is 36.5 Å². The Bertz CT molecular complexity index is 1150. The number of nitrogens with zero attached hydrogens (tertiary/aromatic N) is 5. The first kappa shape index (κ1) is 23.9. The first-order valence-electron chi connectivity index (χ1n) is 12.6. The summed E-state index contributed by atoms with van der Waals surface area (Å²) < 4.78 is 0. The summed E-state index contributed by atoms with van der Waals surface area (Å²) in [5, 5.41) is 0.658. The van der Waals surface area contributed by atoms with Crippen LogP contribution in [0.15, 0.2) is 48.9 Å². The van der Waals surface area contributed by atoms with Crippen LogP contribution in [0.3, 0.4) is 0 Å². The Kier molecular flexibility index (Phi) is 7.11. The summed E-state index contributed by atoms with van der Waals surface area (Å²) in [6, 6.07) is 10.8. The third kappa shape index (κ3) is 5.09. The maximum atomic E-state index is 12.9. The van der Waals surface area contributed by atoms with Gasteiger partial charge in [-0.25, -0.2) is 9.97 Å². The van der Waals surface area contributed by atoms with Crippen LogP contribution in [0.5, 0.6) is 0 Å². The summed E-state index contributed by atoms with van der Waals surface area (Å²) in [5.74, 6) is 1.77. The number of imidazole rings is 1. The number of piperidine rings is 1. The number of nitrogens with one attached hydrogen (secondary N) is 1. The average Bonchev–Trinajstić information content (AvgIpc) is 3.44. The third-order valence-corrected chi connectivity index (χ3v) is 7.69. The van der Waals surface area contributed by atoms with Crippen LogP contribution < -0.4 is 10.4 Å². The number of hydrogen-bond donors (Lipinski definition) is 1. The highest BCUT2D eigenvalue weighted by Gasteiger charge is 2.34. The average molecular weight is 491 g/mol. The normalized spacial score (nSPS) is 19.8. The molecule has 4 heterocycles. The van der Waals surface area contributed by atoms with Crippen molar-refractivity contribution >= 4 is 36.6 Å². The first-order chi connectivity index (χ1) is 17.0. The fraction of sp³-hybridized carbons (Fsp3) is 0.423. The van der Waals surface area contributed by atoms with Crippen molar-refractivity contribution in [2.45, 2.75) is 38.3 Å². The SMILES string of the molecule is Bc1ccc(C(=O)N2CCC(N3CCN(c4ncc(-c5ncc[nH]5)cc4Cl)C[C@@H]3CC)CC2)cc1. The zero-order valence-corrected chi connectivity index (χ0v) is 21.2. The lowest BCUT2D eigenvalue weighted by Gasteiger charge is -2.47. The lowest BCUT2D eigenvalue weighted by atomic mass is 9.94. The molecule has 2 aliphatic rings. The molecule has 7 nitrogen and oxygen atoms in total. The van der Waals surface area contributed by atoms with Gasteiger partial charge in [-0.3, -0.25) is 9.69 Å². The van der Waals surface area contributed by atoms with Gasteiger partial charge in [0.15, 0.2) is 0 Å². The number of piperazine rings is 1. The number of aromatic amines is 1. The number of hydrogen-bond acceptors (Lipinski definition) is 5. The summed E-state index contributed by atoms with van der Waals surface area (Å²) in [6.07, 6.45) is 8.47. The molecular weight excluding hydrogens is 459 g/mol. The van der Waals surface area contributed by atoms with Crippen molar-refractivity contribution in [3.8, 4) is 11.4 Å². The van der Waals surface area contributed by atoms with Gasteiger partial charge in [-0.15, -0.1) is 0 Å². The van der Waals surface area contributed by atoms with Gasteiger partial charge in [0.2, 0.25) is 0 Å². The summed E-state index contributed by atoms with van der Waals surface area (Å²) in [4.78, 5) is 32.0. The van der Waals surface area contributed by atoms with Gasteiger partial charge in [0, 0.05) is 74.5 Å². The Morgan fingerprint density at radius 3 is 2.57 bits per heavy atom. The lowest BCUT2D eigenvalue weighted by molar-refractivity contribution is 0.0491. The molecule has 0 radical (unpaired) electrons. The number of carbonyl (C=O) groups excluding carboxylic acids is 1. The van der Waals surface area contributed by atoms with Crippen molar-refractivity contribution in [2.75, 3.05) is 37.6 Å². The summed E-state index contributed by atoms with van der Waals surface area (Å²) >= 11 is 6.66. The van der Waals surface area contributed by atoms with Crippen molar-refractivity contribution in [3.63, 3.8) is 0 Å². The number of likely N-dealkylation sites (tertiary alicyclic amines) is 1. The number of carbonyl (C=O) groups is 1. The van der Waals surface area contributed by atoms with Gasteiger partial charge in [0.05, 0.1) is 5.02 Å². The van der Waals surface area contributed by atoms with Gasteiger partial charge in [-0.2, -0.15) is 0 Å². The number of halogens is 1. The van der Waals surface area contributed by atoms with E-state index in [2.05, 4.69) is 26.7 Å². The van der Waals surface area contributed by atoms with Gasteiger partial charge in [0.1, 0.15) is 19.5 Å². The Morgan fingerprint density at radius 1 is 1.14 bits per heavy atom. The Morgan fingerprint density at radius 2 is 1.91 bits per heavy atom. The number of aromatic nitrogens is 3. The number of rotatable bonds is 5. The van der Waals surface area contributed by atoms with E-state index in [0.717, 1.165) is 74.8 Å². The van der Waals surface area contributed by atoms with Crippen molar-refractivity contribution in [1.29, 1.82) is 0 Å². The highest BCUT2D eigenvalue weighted by atomic mass is 35.5. The zero-order valence-electron chi connectivity index (χ0n) is 20.5. The van der Waals surface area contributed by atoms with E-state index in [1.807, 2.05) is 49.3 Å². The van der Waals surface area contributed by atoms with Crippen LogP contribution in [0.4, 0.5) is 5.82 Å². The molecule has 0 saturated carbocycles. The summed E-state index contributed by atoms with van der Waals surface area (Å²) in [7, 11) is 2.05. The Labute approximate surface area is 212 Å². The highest BCUT2D eigenvalue weighted by molar-refractivity contribution is 6.33. The van der Waals surface area contributed by atoms with Crippen LogP contribution in [0.2, 0.25) is 5.02 Å². The molecule has 1 N–H and O–H groups in total. The van der Waals surface area contributed by atoms with Gasteiger partial charge < -0.3 is 14.8 Å². The second kappa shape index (κ2) is 10.4. The van der Waals surface area contributed by atoms with Crippen LogP contribution in [-0.4, -0.2) is 83.3 Å². The van der Waals surface area contributed by atoms with E-state index in [9.17, 15) is 4.79 Å². The second-order valence-electron chi connectivity index (χ2n) is 9.60. The molecule has 5 rings (SSSR count). The minimum Gasteiger partial charge on any atom is -0.353 e. The molecule has 1 atom stereocenters. The summed E-state index contributed by atoms with van der Waals surface area (Å²) in [5.41, 5.74) is 2.85. The fourth-order valence-corrected chi connectivity index (χ4v) is 5.69. The quantitative estimate of drug-likeness (QED) is 0.557. The highest BCUT2D eigenvalue weighted by Crippen LogP contribution is 2.31. The minimum absolute atomic E-state index is 0.152. The van der Waals surface area contributed by atoms with E-state index in [1.54, 1.807) is 12.4 Å². The lowest BCUT2D eigenvalue weighted by Crippen LogP contribution is -2.58. The van der Waals surface area contributed by atoms with E-state index in [4.69, 9.17) is 16.6 Å². The van der Waals surface area contributed by atoms with Gasteiger partial charge in [-0.1, -0.05) is 48.3 Å². The molecule has 3 aromatic rings. The van der Waals surface area contributed by atoms with E-state index in [1.165, 1.54) is 5.46 Å². The predicted molar refractivity (Wildman–Crippen MR) is 143 cm³/mol. The van der Waals surface area contributed by atoms with Crippen molar-refractivity contribution < 1.29 is 4.79 Å². The van der Waals surface area contributed by atoms with Crippen LogP contribution >= 0.6 is 11.6 Å². The Hall–Kier alpha value is -2.84. The molecule has 2 saturated heterocycles. The van der Waals surface area contributed by atoms with Crippen LogP contribution in [0.25, 0.3) is 11.4 Å². The second-order valence-corrected chi connectivity index (χ2v) is 10.0. The van der Waals surface area contributed by atoms with E-state index in [0.29, 0.717) is 17.1 Å². The van der Waals surface area contributed by atoms with E-state index in [-0.39, 0.29) is 5.91 Å². The molecule has 9 heteroatoms. The number of amides is 1. The molecule has 0 spiro atoms. The van der Waals surface area contributed by atoms with Gasteiger partial charge in [-0.05, 0) is 25.3 Å². The predicted octanol–water partition coefficient (Wildman–Crippen LogP) is 2.59. The van der Waals surface area contributed by atoms with Gasteiger partial charge >= 0.3 is 0 Å². The molecule has 35 heavy (non-hydrogen) atoms. The Balaban J connectivity index is 1.20. The first-order valence-corrected chi connectivity index (χ1v) is 12.9. The van der Waals surface area contributed by atoms with Crippen molar-refractivity contribution in [3.05, 3.63) is 59.5 Å². The van der Waals surface area contributed by atoms with Gasteiger partial charge in [0.25, 0.3) is 5.91 Å². The fourth-order valence-electron chi connectivity index (χ4n) is 5.40. The molecular formula is C26H32BClN6O. The van der Waals surface area contributed by atoms with E-state index >= 15 is 0 Å². The molecule has 2 aliphatic heterocycles. The minimum atomic E-state index is 0.152. The maximum Gasteiger partial charge on any atom is 0.253 e. The molecule has 1 amide bonds. The zero-order chi connectivity index (χ0) is 24.4. The smallest absolute Gasteiger partial charge is 0.253 e. The van der Waals surface area contributed by atoms with Crippen molar-refractivity contribution in [1.82, 2.24) is 24.8 Å². The molecule has 2 aromatic heterocycles. The molecule has 1 aromatic carbocycles. The van der Waals surface area contributed by atoms with E-state index < -0.39 is 0 Å². The number of pyridine rings is 1. The maximum absolute atomic E-state index is 12.9. The largest absolute Gasteiger partial charge is 0.353 e. The standard InChI is InChI=1S/C26H32BClN6O/c1-2-21-17-33(25-23(28)15-19(16-31-25)24-29-9-10-30-24)13-14-34(21)22-7-11-32(12-8-22)26(35)18-3-5-20(27)6-4-18/h3-6,9-10,15-16,21-22H,2,7-8,11-14,17,27H2,1H3,(H,29,30)/t21-/m0/s1. The molecule has 0 unspecified atom stereocenters. The molecule has 182 valence electrons. The van der Waals surface area contributed by atoms with Crippen molar-refractivity contribution in [2.24, 2.45) is 0 Å². The van der Waals surface area contributed by atoms with Crippen LogP contribution in [0, 0.1) is 0 Å². The summed E-state index contributed by atoms with van der Waals surface area (Å²) in [6.45, 7) is 6.67. The van der Waals surface area contributed by atoms with Crippen LogP contribution in [-0.2, 0) is 0 Å². The number of anilines is 1. The number of H-pyrrole nitrogens is 1. The third-order valence-electron chi connectivity index (χ3n) is 7.41. The number of benzene rings is 1. The monoisotopic (exact) mass is 490 g/mol. The molecule has 2 fully saturated rings.